The lowest BCUT2D eigenvalue weighted by molar-refractivity contribution is -0.132. The van der Waals surface area contributed by atoms with Gasteiger partial charge in [0, 0.05) is 20.2 Å². The van der Waals surface area contributed by atoms with Gasteiger partial charge in [0.25, 0.3) is 0 Å². The molecule has 1 aliphatic rings. The second kappa shape index (κ2) is 8.36. The third kappa shape index (κ3) is 6.11. The molecule has 1 unspecified atom stereocenters. The van der Waals surface area contributed by atoms with Crippen LogP contribution in [0, 0.1) is 0 Å². The minimum absolute atomic E-state index is 0.0152. The first-order valence-corrected chi connectivity index (χ1v) is 9.63. The van der Waals surface area contributed by atoms with Crippen LogP contribution >= 0.6 is 18.1 Å². The van der Waals surface area contributed by atoms with Gasteiger partial charge in [-0.3, -0.25) is 9.36 Å². The Balaban J connectivity index is 2.38. The zero-order valence-corrected chi connectivity index (χ0v) is 14.0. The van der Waals surface area contributed by atoms with E-state index in [0.29, 0.717) is 19.8 Å². The first-order chi connectivity index (χ1) is 9.36. The predicted octanol–water partition coefficient (Wildman–Crippen LogP) is 1.30. The first-order valence-electron chi connectivity index (χ1n) is 6.41. The zero-order chi connectivity index (χ0) is 15.2. The van der Waals surface area contributed by atoms with E-state index in [9.17, 15) is 9.36 Å². The van der Waals surface area contributed by atoms with Gasteiger partial charge in [0.2, 0.25) is 5.91 Å². The molecule has 1 aliphatic heterocycles. The molecule has 1 heterocycles. The van der Waals surface area contributed by atoms with Gasteiger partial charge in [0.05, 0.1) is 25.5 Å². The molecule has 1 saturated heterocycles. The summed E-state index contributed by atoms with van der Waals surface area (Å²) in [7, 11) is 3.04. The van der Waals surface area contributed by atoms with Crippen LogP contribution in [0.5, 0.6) is 0 Å². The Hall–Kier alpha value is -0.110. The van der Waals surface area contributed by atoms with Crippen molar-refractivity contribution in [2.24, 2.45) is 0 Å². The van der Waals surface area contributed by atoms with E-state index in [4.69, 9.17) is 14.0 Å². The fourth-order valence-electron chi connectivity index (χ4n) is 1.55. The smallest absolute Gasteiger partial charge is 0.326 e. The van der Waals surface area contributed by atoms with Crippen LogP contribution in [0.3, 0.4) is 0 Å². The van der Waals surface area contributed by atoms with Gasteiger partial charge in [-0.2, -0.15) is 0 Å². The highest BCUT2D eigenvalue weighted by Gasteiger charge is 2.27. The van der Waals surface area contributed by atoms with Crippen LogP contribution in [0.25, 0.3) is 0 Å². The molecule has 0 bridgehead atoms. The van der Waals surface area contributed by atoms with Crippen molar-refractivity contribution < 1.29 is 23.4 Å². The molecule has 9 heteroatoms. The van der Waals surface area contributed by atoms with Crippen molar-refractivity contribution >= 4 is 24.0 Å². The van der Waals surface area contributed by atoms with Crippen molar-refractivity contribution in [1.82, 2.24) is 9.99 Å². The van der Waals surface area contributed by atoms with Crippen LogP contribution in [-0.2, 0) is 23.4 Å². The molecular formula is C11H23N2O5PS. The maximum atomic E-state index is 12.3. The molecule has 1 atom stereocenters. The van der Waals surface area contributed by atoms with Crippen molar-refractivity contribution in [2.75, 3.05) is 39.7 Å². The number of nitrogens with one attached hydrogen (secondary N) is 1. The molecule has 0 aromatic rings. The van der Waals surface area contributed by atoms with E-state index in [-0.39, 0.29) is 24.0 Å². The van der Waals surface area contributed by atoms with Gasteiger partial charge in [-0.1, -0.05) is 0 Å². The van der Waals surface area contributed by atoms with Crippen LogP contribution in [0.2, 0.25) is 0 Å². The van der Waals surface area contributed by atoms with Gasteiger partial charge in [0.1, 0.15) is 0 Å². The molecule has 1 N–H and O–H groups in total. The van der Waals surface area contributed by atoms with Crippen LogP contribution in [0.4, 0.5) is 0 Å². The van der Waals surface area contributed by atoms with E-state index in [1.165, 1.54) is 12.0 Å². The Bertz CT molecular complexity index is 363. The fourth-order valence-corrected chi connectivity index (χ4v) is 4.98. The number of ether oxygens (including phenoxy) is 2. The van der Waals surface area contributed by atoms with Gasteiger partial charge in [-0.05, 0) is 25.2 Å². The standard InChI is InChI=1S/C11H23N2O5PS/c1-9(2)12-19(15,16-4)20-8-10(14)13(3)7-11-17-5-6-18-11/h9,11H,5-8H2,1-4H3,(H,12,15). The molecule has 20 heavy (non-hydrogen) atoms. The van der Waals surface area contributed by atoms with E-state index in [1.54, 1.807) is 7.05 Å². The summed E-state index contributed by atoms with van der Waals surface area (Å²) in [5.74, 6) is -0.0643. The third-order valence-corrected chi connectivity index (χ3v) is 6.75. The fraction of sp³-hybridized carbons (Fsp3) is 0.909. The molecule has 1 amide bonds. The summed E-state index contributed by atoms with van der Waals surface area (Å²) < 4.78 is 27.8. The summed E-state index contributed by atoms with van der Waals surface area (Å²) in [6.45, 7) is 2.19. The average Bonchev–Trinajstić information content (AvgIpc) is 2.88. The van der Waals surface area contributed by atoms with Crippen LogP contribution in [-0.4, -0.2) is 62.8 Å². The Labute approximate surface area is 123 Å². The van der Waals surface area contributed by atoms with Crippen molar-refractivity contribution in [3.8, 4) is 0 Å². The summed E-state index contributed by atoms with van der Waals surface area (Å²) in [6.07, 6.45) is -0.364. The summed E-state index contributed by atoms with van der Waals surface area (Å²) in [5.41, 5.74) is 0. The molecule has 118 valence electrons. The lowest BCUT2D eigenvalue weighted by atomic mass is 10.4. The molecule has 0 aromatic heterocycles. The van der Waals surface area contributed by atoms with E-state index >= 15 is 0 Å². The highest BCUT2D eigenvalue weighted by atomic mass is 32.7. The number of nitrogens with zero attached hydrogens (tertiary/aromatic N) is 1. The number of carbonyl (C=O) groups excluding carboxylic acids is 1. The van der Waals surface area contributed by atoms with Gasteiger partial charge < -0.3 is 18.9 Å². The minimum Gasteiger partial charge on any atom is -0.348 e. The molecule has 0 saturated carbocycles. The summed E-state index contributed by atoms with van der Waals surface area (Å²) in [4.78, 5) is 13.5. The van der Waals surface area contributed by atoms with Crippen molar-refractivity contribution in [1.29, 1.82) is 0 Å². The number of rotatable bonds is 8. The molecule has 0 aromatic carbocycles. The third-order valence-electron chi connectivity index (χ3n) is 2.55. The van der Waals surface area contributed by atoms with Gasteiger partial charge in [-0.15, -0.1) is 0 Å². The average molecular weight is 326 g/mol. The minimum atomic E-state index is -3.03. The molecule has 0 aliphatic carbocycles. The number of carbonyl (C=O) groups is 1. The van der Waals surface area contributed by atoms with E-state index in [0.717, 1.165) is 11.4 Å². The number of amides is 1. The number of hydrogen-bond acceptors (Lipinski definition) is 6. The monoisotopic (exact) mass is 326 g/mol. The van der Waals surface area contributed by atoms with Gasteiger partial charge in [-0.25, -0.2) is 5.09 Å². The largest absolute Gasteiger partial charge is 0.348 e. The van der Waals surface area contributed by atoms with Crippen molar-refractivity contribution in [3.05, 3.63) is 0 Å². The van der Waals surface area contributed by atoms with Gasteiger partial charge in [0.15, 0.2) is 6.29 Å². The maximum absolute atomic E-state index is 12.3. The number of hydrogen-bond donors (Lipinski definition) is 1. The Kier molecular flexibility index (Phi) is 7.50. The van der Waals surface area contributed by atoms with Crippen LogP contribution < -0.4 is 5.09 Å². The first kappa shape index (κ1) is 17.9. The highest BCUT2D eigenvalue weighted by molar-refractivity contribution is 8.56. The highest BCUT2D eigenvalue weighted by Crippen LogP contribution is 2.55. The number of likely N-dealkylation sites (N-methyl/N-ethyl adjacent to an activating group) is 1. The topological polar surface area (TPSA) is 77.1 Å². The molecule has 0 spiro atoms. The van der Waals surface area contributed by atoms with E-state index < -0.39 is 6.72 Å². The molecule has 7 nitrogen and oxygen atoms in total. The SMILES string of the molecule is COP(=O)(NC(C)C)SCC(=O)N(C)CC1OCCO1. The Morgan fingerprint density at radius 3 is 2.60 bits per heavy atom. The van der Waals surface area contributed by atoms with Crippen LogP contribution in [0.1, 0.15) is 13.8 Å². The van der Waals surface area contributed by atoms with Crippen LogP contribution in [0.15, 0.2) is 0 Å². The van der Waals surface area contributed by atoms with E-state index in [1.807, 2.05) is 13.8 Å². The van der Waals surface area contributed by atoms with Gasteiger partial charge >= 0.3 is 6.72 Å². The second-order valence-electron chi connectivity index (χ2n) is 4.68. The lowest BCUT2D eigenvalue weighted by Crippen LogP contribution is -2.36. The van der Waals surface area contributed by atoms with Crippen molar-refractivity contribution in [2.45, 2.75) is 26.2 Å². The second-order valence-corrected chi connectivity index (χ2v) is 9.06. The summed E-state index contributed by atoms with van der Waals surface area (Å²) >= 11 is 0.996. The summed E-state index contributed by atoms with van der Waals surface area (Å²) in [5, 5.41) is 2.85. The summed E-state index contributed by atoms with van der Waals surface area (Å²) in [6, 6.07) is 0.0152. The normalized spacial score (nSPS) is 19.2. The van der Waals surface area contributed by atoms with E-state index in [2.05, 4.69) is 5.09 Å². The molecule has 0 radical (unpaired) electrons. The Morgan fingerprint density at radius 1 is 1.50 bits per heavy atom. The molecule has 1 rings (SSSR count). The quantitative estimate of drug-likeness (QED) is 0.674. The predicted molar refractivity (Wildman–Crippen MR) is 78.7 cm³/mol. The van der Waals surface area contributed by atoms with Crippen molar-refractivity contribution in [3.63, 3.8) is 0 Å². The molecule has 1 fully saturated rings. The zero-order valence-electron chi connectivity index (χ0n) is 12.3. The maximum Gasteiger partial charge on any atom is 0.326 e. The Morgan fingerprint density at radius 2 is 2.10 bits per heavy atom. The lowest BCUT2D eigenvalue weighted by Gasteiger charge is -2.22. The molecular weight excluding hydrogens is 303 g/mol.